The standard InChI is InChI=1S/C21H32N2O3/c1-16-4-6-18(20(13-16)26-15-19-3-2-12-25-19)14-23-21(24)7-5-17-8-10-22-11-9-17/h4,6,13,17,19,22H,2-3,5,7-12,14-15H2,1H3,(H,23,24). The van der Waals surface area contributed by atoms with Crippen LogP contribution in [0.2, 0.25) is 0 Å². The molecule has 0 bridgehead atoms. The Bertz CT molecular complexity index is 579. The second kappa shape index (κ2) is 9.93. The topological polar surface area (TPSA) is 59.6 Å². The zero-order valence-electron chi connectivity index (χ0n) is 15.9. The molecular formula is C21H32N2O3. The first kappa shape index (κ1) is 19.2. The van der Waals surface area contributed by atoms with Crippen LogP contribution in [-0.4, -0.2) is 38.3 Å². The fraction of sp³-hybridized carbons (Fsp3) is 0.667. The van der Waals surface area contributed by atoms with E-state index in [1.807, 2.05) is 12.1 Å². The van der Waals surface area contributed by atoms with Crippen LogP contribution in [0, 0.1) is 12.8 Å². The molecule has 2 fully saturated rings. The van der Waals surface area contributed by atoms with Gasteiger partial charge in [-0.15, -0.1) is 0 Å². The van der Waals surface area contributed by atoms with Gasteiger partial charge in [-0.05, 0) is 69.7 Å². The molecule has 0 aromatic heterocycles. The summed E-state index contributed by atoms with van der Waals surface area (Å²) in [6.45, 7) is 6.16. The van der Waals surface area contributed by atoms with Gasteiger partial charge >= 0.3 is 0 Å². The molecule has 26 heavy (non-hydrogen) atoms. The van der Waals surface area contributed by atoms with Gasteiger partial charge in [-0.3, -0.25) is 4.79 Å². The van der Waals surface area contributed by atoms with Crippen LogP contribution >= 0.6 is 0 Å². The quantitative estimate of drug-likeness (QED) is 0.748. The SMILES string of the molecule is Cc1ccc(CNC(=O)CCC2CCNCC2)c(OCC2CCCO2)c1. The Hall–Kier alpha value is -1.59. The summed E-state index contributed by atoms with van der Waals surface area (Å²) in [5.41, 5.74) is 2.19. The van der Waals surface area contributed by atoms with Crippen molar-refractivity contribution >= 4 is 5.91 Å². The van der Waals surface area contributed by atoms with Crippen molar-refractivity contribution in [1.82, 2.24) is 10.6 Å². The molecule has 144 valence electrons. The van der Waals surface area contributed by atoms with E-state index in [2.05, 4.69) is 23.6 Å². The summed E-state index contributed by atoms with van der Waals surface area (Å²) in [4.78, 5) is 12.2. The number of aryl methyl sites for hydroxylation is 1. The minimum Gasteiger partial charge on any atom is -0.491 e. The number of hydrogen-bond donors (Lipinski definition) is 2. The predicted octanol–water partition coefficient (Wildman–Crippen LogP) is 2.95. The fourth-order valence-corrected chi connectivity index (χ4v) is 3.69. The van der Waals surface area contributed by atoms with Gasteiger partial charge in [-0.1, -0.05) is 12.1 Å². The van der Waals surface area contributed by atoms with E-state index in [-0.39, 0.29) is 12.0 Å². The van der Waals surface area contributed by atoms with Crippen molar-refractivity contribution in [3.63, 3.8) is 0 Å². The minimum absolute atomic E-state index is 0.134. The highest BCUT2D eigenvalue weighted by molar-refractivity contribution is 5.75. The summed E-state index contributed by atoms with van der Waals surface area (Å²) in [6.07, 6.45) is 6.35. The van der Waals surface area contributed by atoms with Crippen molar-refractivity contribution in [2.75, 3.05) is 26.3 Å². The molecule has 1 aromatic carbocycles. The third-order valence-electron chi connectivity index (χ3n) is 5.39. The van der Waals surface area contributed by atoms with E-state index >= 15 is 0 Å². The molecule has 3 rings (SSSR count). The number of carbonyl (C=O) groups excluding carboxylic acids is 1. The molecule has 0 spiro atoms. The second-order valence-corrected chi connectivity index (χ2v) is 7.57. The number of benzene rings is 1. The van der Waals surface area contributed by atoms with E-state index in [1.165, 1.54) is 12.8 Å². The van der Waals surface area contributed by atoms with Gasteiger partial charge in [0.1, 0.15) is 12.4 Å². The number of piperidine rings is 1. The maximum Gasteiger partial charge on any atom is 0.220 e. The van der Waals surface area contributed by atoms with E-state index in [0.29, 0.717) is 25.5 Å². The Kier molecular flexibility index (Phi) is 7.32. The molecule has 2 saturated heterocycles. The molecule has 0 radical (unpaired) electrons. The average Bonchev–Trinajstić information content (AvgIpc) is 3.18. The predicted molar refractivity (Wildman–Crippen MR) is 102 cm³/mol. The van der Waals surface area contributed by atoms with Crippen LogP contribution in [0.1, 0.15) is 49.7 Å². The van der Waals surface area contributed by atoms with Gasteiger partial charge in [0.2, 0.25) is 5.91 Å². The van der Waals surface area contributed by atoms with Crippen molar-refractivity contribution in [2.24, 2.45) is 5.92 Å². The first-order valence-electron chi connectivity index (χ1n) is 10.0. The fourth-order valence-electron chi connectivity index (χ4n) is 3.69. The first-order valence-corrected chi connectivity index (χ1v) is 10.0. The lowest BCUT2D eigenvalue weighted by molar-refractivity contribution is -0.121. The third kappa shape index (κ3) is 5.99. The van der Waals surface area contributed by atoms with Crippen LogP contribution in [0.15, 0.2) is 18.2 Å². The van der Waals surface area contributed by atoms with Crippen LogP contribution in [0.3, 0.4) is 0 Å². The first-order chi connectivity index (χ1) is 12.7. The molecule has 1 atom stereocenters. The average molecular weight is 360 g/mol. The summed E-state index contributed by atoms with van der Waals surface area (Å²) in [6, 6.07) is 6.16. The van der Waals surface area contributed by atoms with Crippen molar-refractivity contribution in [2.45, 2.75) is 58.1 Å². The van der Waals surface area contributed by atoms with Gasteiger partial charge in [0.05, 0.1) is 6.10 Å². The summed E-state index contributed by atoms with van der Waals surface area (Å²) in [5, 5.41) is 6.43. The summed E-state index contributed by atoms with van der Waals surface area (Å²) in [5.74, 6) is 1.68. The van der Waals surface area contributed by atoms with E-state index in [9.17, 15) is 4.79 Å². The Morgan fingerprint density at radius 1 is 1.31 bits per heavy atom. The van der Waals surface area contributed by atoms with Gasteiger partial charge in [0, 0.05) is 25.1 Å². The maximum absolute atomic E-state index is 12.2. The summed E-state index contributed by atoms with van der Waals surface area (Å²) in [7, 11) is 0. The van der Waals surface area contributed by atoms with Crippen molar-refractivity contribution in [3.05, 3.63) is 29.3 Å². The molecule has 1 aromatic rings. The largest absolute Gasteiger partial charge is 0.491 e. The molecule has 1 unspecified atom stereocenters. The monoisotopic (exact) mass is 360 g/mol. The highest BCUT2D eigenvalue weighted by atomic mass is 16.5. The van der Waals surface area contributed by atoms with Crippen LogP contribution < -0.4 is 15.4 Å². The molecule has 1 amide bonds. The number of carbonyl (C=O) groups is 1. The Morgan fingerprint density at radius 3 is 2.92 bits per heavy atom. The van der Waals surface area contributed by atoms with E-state index in [4.69, 9.17) is 9.47 Å². The highest BCUT2D eigenvalue weighted by Crippen LogP contribution is 2.23. The number of ether oxygens (including phenoxy) is 2. The Morgan fingerprint density at radius 2 is 2.15 bits per heavy atom. The number of hydrogen-bond acceptors (Lipinski definition) is 4. The Labute approximate surface area is 156 Å². The Balaban J connectivity index is 1.45. The number of nitrogens with one attached hydrogen (secondary N) is 2. The smallest absolute Gasteiger partial charge is 0.220 e. The van der Waals surface area contributed by atoms with Crippen LogP contribution in [0.5, 0.6) is 5.75 Å². The van der Waals surface area contributed by atoms with Gasteiger partial charge in [-0.25, -0.2) is 0 Å². The van der Waals surface area contributed by atoms with Crippen LogP contribution in [0.4, 0.5) is 0 Å². The molecule has 2 aliphatic heterocycles. The summed E-state index contributed by atoms with van der Waals surface area (Å²) < 4.78 is 11.6. The van der Waals surface area contributed by atoms with Crippen LogP contribution in [-0.2, 0) is 16.1 Å². The second-order valence-electron chi connectivity index (χ2n) is 7.57. The van der Waals surface area contributed by atoms with E-state index in [1.54, 1.807) is 0 Å². The van der Waals surface area contributed by atoms with Gasteiger partial charge in [0.15, 0.2) is 0 Å². The van der Waals surface area contributed by atoms with Gasteiger partial charge < -0.3 is 20.1 Å². The minimum atomic E-state index is 0.134. The lowest BCUT2D eigenvalue weighted by Crippen LogP contribution is -2.29. The zero-order chi connectivity index (χ0) is 18.2. The molecule has 0 aliphatic carbocycles. The third-order valence-corrected chi connectivity index (χ3v) is 5.39. The van der Waals surface area contributed by atoms with Crippen LogP contribution in [0.25, 0.3) is 0 Å². The highest BCUT2D eigenvalue weighted by Gasteiger charge is 2.17. The van der Waals surface area contributed by atoms with Crippen molar-refractivity contribution in [3.8, 4) is 5.75 Å². The molecule has 2 N–H and O–H groups in total. The molecule has 0 saturated carbocycles. The number of rotatable bonds is 8. The normalized spacial score (nSPS) is 20.9. The molecule has 2 heterocycles. The van der Waals surface area contributed by atoms with Crippen molar-refractivity contribution in [1.29, 1.82) is 0 Å². The maximum atomic E-state index is 12.2. The number of amides is 1. The molecular weight excluding hydrogens is 328 g/mol. The lowest BCUT2D eigenvalue weighted by Gasteiger charge is -2.22. The van der Waals surface area contributed by atoms with Crippen molar-refractivity contribution < 1.29 is 14.3 Å². The summed E-state index contributed by atoms with van der Waals surface area (Å²) >= 11 is 0. The molecule has 5 heteroatoms. The van der Waals surface area contributed by atoms with Gasteiger partial charge in [0.25, 0.3) is 0 Å². The molecule has 5 nitrogen and oxygen atoms in total. The molecule has 2 aliphatic rings. The van der Waals surface area contributed by atoms with E-state index in [0.717, 1.165) is 55.8 Å². The zero-order valence-corrected chi connectivity index (χ0v) is 15.9. The van der Waals surface area contributed by atoms with E-state index < -0.39 is 0 Å². The lowest BCUT2D eigenvalue weighted by atomic mass is 9.93. The van der Waals surface area contributed by atoms with Gasteiger partial charge in [-0.2, -0.15) is 0 Å².